The van der Waals surface area contributed by atoms with Gasteiger partial charge in [0, 0.05) is 0 Å². The molecule has 1 aromatic carbocycles. The third kappa shape index (κ3) is 4.84. The molecule has 0 aliphatic rings. The SMILES string of the molecule is CCC(C)OC(=O)OOOC(=O)c1ccccc1. The lowest BCUT2D eigenvalue weighted by molar-refractivity contribution is -0.452. The second-order valence-corrected chi connectivity index (χ2v) is 3.47. The summed E-state index contributed by atoms with van der Waals surface area (Å²) < 4.78 is 4.71. The van der Waals surface area contributed by atoms with Crippen molar-refractivity contribution in [3.63, 3.8) is 0 Å². The number of carbonyl (C=O) groups excluding carboxylic acids is 2. The summed E-state index contributed by atoms with van der Waals surface area (Å²) in [5.74, 6) is -0.771. The summed E-state index contributed by atoms with van der Waals surface area (Å²) in [6.07, 6.45) is -0.727. The standard InChI is InChI=1S/C12H14O6/c1-3-9(2)15-12(14)17-18-16-11(13)10-7-5-4-6-8-10/h4-9H,3H2,1-2H3. The van der Waals surface area contributed by atoms with Gasteiger partial charge in [0.2, 0.25) is 0 Å². The van der Waals surface area contributed by atoms with Crippen LogP contribution in [0.1, 0.15) is 30.6 Å². The van der Waals surface area contributed by atoms with Gasteiger partial charge in [-0.25, -0.2) is 14.5 Å². The molecular formula is C12H14O6. The normalized spacial score (nSPS) is 11.4. The molecule has 0 bridgehead atoms. The lowest BCUT2D eigenvalue weighted by Crippen LogP contribution is -2.16. The minimum Gasteiger partial charge on any atom is -0.429 e. The van der Waals surface area contributed by atoms with Crippen molar-refractivity contribution in [2.45, 2.75) is 26.4 Å². The summed E-state index contributed by atoms with van der Waals surface area (Å²) in [7, 11) is 0. The van der Waals surface area contributed by atoms with Gasteiger partial charge in [-0.1, -0.05) is 25.1 Å². The molecule has 1 aromatic rings. The Morgan fingerprint density at radius 3 is 2.44 bits per heavy atom. The van der Waals surface area contributed by atoms with E-state index < -0.39 is 12.1 Å². The quantitative estimate of drug-likeness (QED) is 0.457. The number of carbonyl (C=O) groups is 2. The molecule has 18 heavy (non-hydrogen) atoms. The molecule has 6 nitrogen and oxygen atoms in total. The van der Waals surface area contributed by atoms with Crippen LogP contribution in [-0.2, 0) is 19.6 Å². The summed E-state index contributed by atoms with van der Waals surface area (Å²) in [6, 6.07) is 8.13. The molecule has 0 amide bonds. The van der Waals surface area contributed by atoms with Gasteiger partial charge in [-0.05, 0) is 25.5 Å². The minimum atomic E-state index is -1.06. The summed E-state index contributed by atoms with van der Waals surface area (Å²) in [4.78, 5) is 30.6. The van der Waals surface area contributed by atoms with Crippen LogP contribution in [-0.4, -0.2) is 18.2 Å². The third-order valence-corrected chi connectivity index (χ3v) is 2.09. The van der Waals surface area contributed by atoms with Crippen LogP contribution in [0.15, 0.2) is 30.3 Å². The molecule has 1 atom stereocenters. The van der Waals surface area contributed by atoms with E-state index in [-0.39, 0.29) is 11.7 Å². The highest BCUT2D eigenvalue weighted by atomic mass is 17.5. The molecule has 0 saturated carbocycles. The molecule has 0 aromatic heterocycles. The predicted molar refractivity (Wildman–Crippen MR) is 60.3 cm³/mol. The van der Waals surface area contributed by atoms with Crippen LogP contribution in [0.25, 0.3) is 0 Å². The van der Waals surface area contributed by atoms with Gasteiger partial charge in [0.05, 0.1) is 10.6 Å². The molecule has 6 heteroatoms. The van der Waals surface area contributed by atoms with Crippen LogP contribution in [0.4, 0.5) is 4.79 Å². The Morgan fingerprint density at radius 1 is 1.17 bits per heavy atom. The van der Waals surface area contributed by atoms with Crippen LogP contribution in [0.5, 0.6) is 0 Å². The lowest BCUT2D eigenvalue weighted by atomic mass is 10.2. The van der Waals surface area contributed by atoms with Gasteiger partial charge < -0.3 is 4.74 Å². The Balaban J connectivity index is 2.26. The number of rotatable bonds is 5. The van der Waals surface area contributed by atoms with E-state index in [1.54, 1.807) is 25.1 Å². The Bertz CT molecular complexity index is 389. The molecule has 0 aliphatic carbocycles. The monoisotopic (exact) mass is 254 g/mol. The van der Waals surface area contributed by atoms with Gasteiger partial charge in [-0.2, -0.15) is 0 Å². The highest BCUT2D eigenvalue weighted by molar-refractivity contribution is 5.88. The van der Waals surface area contributed by atoms with Crippen LogP contribution in [0.2, 0.25) is 0 Å². The summed E-state index contributed by atoms with van der Waals surface area (Å²) in [6.45, 7) is 3.53. The topological polar surface area (TPSA) is 71.1 Å². The van der Waals surface area contributed by atoms with Crippen molar-refractivity contribution in [1.82, 2.24) is 0 Å². The fourth-order valence-electron chi connectivity index (χ4n) is 0.965. The molecule has 0 radical (unpaired) electrons. The van der Waals surface area contributed by atoms with Gasteiger partial charge >= 0.3 is 12.1 Å². The zero-order chi connectivity index (χ0) is 13.4. The average molecular weight is 254 g/mol. The first-order valence-electron chi connectivity index (χ1n) is 5.44. The van der Waals surface area contributed by atoms with Crippen LogP contribution in [0, 0.1) is 0 Å². The molecule has 0 spiro atoms. The van der Waals surface area contributed by atoms with E-state index in [0.717, 1.165) is 0 Å². The smallest absolute Gasteiger partial charge is 0.429 e. The predicted octanol–water partition coefficient (Wildman–Crippen LogP) is 2.64. The minimum absolute atomic E-state index is 0.274. The molecule has 1 rings (SSSR count). The van der Waals surface area contributed by atoms with Crippen LogP contribution >= 0.6 is 0 Å². The van der Waals surface area contributed by atoms with Crippen molar-refractivity contribution in [2.75, 3.05) is 0 Å². The third-order valence-electron chi connectivity index (χ3n) is 2.09. The second-order valence-electron chi connectivity index (χ2n) is 3.47. The van der Waals surface area contributed by atoms with E-state index in [1.807, 2.05) is 6.92 Å². The van der Waals surface area contributed by atoms with E-state index in [0.29, 0.717) is 6.42 Å². The molecule has 1 unspecified atom stereocenters. The van der Waals surface area contributed by atoms with Gasteiger partial charge in [-0.15, -0.1) is 0 Å². The van der Waals surface area contributed by atoms with E-state index >= 15 is 0 Å². The molecule has 0 N–H and O–H groups in total. The number of hydrogen-bond donors (Lipinski definition) is 0. The molecule has 0 saturated heterocycles. The number of benzene rings is 1. The number of hydrogen-bond acceptors (Lipinski definition) is 6. The van der Waals surface area contributed by atoms with Gasteiger partial charge in [0.1, 0.15) is 6.10 Å². The molecular weight excluding hydrogens is 240 g/mol. The van der Waals surface area contributed by atoms with E-state index in [9.17, 15) is 9.59 Å². The van der Waals surface area contributed by atoms with E-state index in [1.165, 1.54) is 12.1 Å². The molecule has 98 valence electrons. The highest BCUT2D eigenvalue weighted by Gasteiger charge is 2.13. The van der Waals surface area contributed by atoms with Crippen molar-refractivity contribution in [3.05, 3.63) is 35.9 Å². The first-order valence-corrected chi connectivity index (χ1v) is 5.44. The fraction of sp³-hybridized carbons (Fsp3) is 0.333. The van der Waals surface area contributed by atoms with Gasteiger partial charge in [0.15, 0.2) is 0 Å². The van der Waals surface area contributed by atoms with Crippen molar-refractivity contribution in [2.24, 2.45) is 0 Å². The largest absolute Gasteiger partial charge is 0.543 e. The summed E-state index contributed by atoms with van der Waals surface area (Å²) in [5.41, 5.74) is 0.274. The molecule has 0 heterocycles. The van der Waals surface area contributed by atoms with Crippen LogP contribution < -0.4 is 0 Å². The summed E-state index contributed by atoms with van der Waals surface area (Å²) >= 11 is 0. The lowest BCUT2D eigenvalue weighted by Gasteiger charge is -2.08. The Kier molecular flexibility index (Phi) is 5.66. The van der Waals surface area contributed by atoms with Gasteiger partial charge in [0.25, 0.3) is 0 Å². The van der Waals surface area contributed by atoms with Crippen molar-refractivity contribution >= 4 is 12.1 Å². The zero-order valence-electron chi connectivity index (χ0n) is 10.1. The first-order chi connectivity index (χ1) is 8.63. The Labute approximate surface area is 104 Å². The van der Waals surface area contributed by atoms with Crippen LogP contribution in [0.3, 0.4) is 0 Å². The Hall–Kier alpha value is -2.08. The number of ether oxygens (including phenoxy) is 1. The maximum absolute atomic E-state index is 11.3. The summed E-state index contributed by atoms with van der Waals surface area (Å²) in [5, 5.41) is 4.03. The van der Waals surface area contributed by atoms with E-state index in [4.69, 9.17) is 4.74 Å². The zero-order valence-corrected chi connectivity index (χ0v) is 10.1. The maximum atomic E-state index is 11.3. The van der Waals surface area contributed by atoms with E-state index in [2.05, 4.69) is 14.8 Å². The highest BCUT2D eigenvalue weighted by Crippen LogP contribution is 2.03. The molecule has 0 fully saturated rings. The Morgan fingerprint density at radius 2 is 1.83 bits per heavy atom. The van der Waals surface area contributed by atoms with Gasteiger partial charge in [-0.3, -0.25) is 4.89 Å². The fourth-order valence-corrected chi connectivity index (χ4v) is 0.965. The molecule has 0 aliphatic heterocycles. The van der Waals surface area contributed by atoms with Crippen molar-refractivity contribution in [3.8, 4) is 0 Å². The second kappa shape index (κ2) is 7.29. The average Bonchev–Trinajstić information content (AvgIpc) is 2.39. The van der Waals surface area contributed by atoms with Crippen molar-refractivity contribution < 1.29 is 29.1 Å². The van der Waals surface area contributed by atoms with Crippen molar-refractivity contribution in [1.29, 1.82) is 0 Å². The maximum Gasteiger partial charge on any atom is 0.543 e. The first kappa shape index (κ1) is 14.0.